The van der Waals surface area contributed by atoms with Crippen molar-refractivity contribution in [2.75, 3.05) is 29.9 Å². The summed E-state index contributed by atoms with van der Waals surface area (Å²) in [5, 5.41) is 3.28. The van der Waals surface area contributed by atoms with Gasteiger partial charge >= 0.3 is 0 Å². The zero-order chi connectivity index (χ0) is 13.7. The highest BCUT2D eigenvalue weighted by atomic mass is 15.2. The van der Waals surface area contributed by atoms with Crippen molar-refractivity contribution >= 4 is 11.6 Å². The van der Waals surface area contributed by atoms with Gasteiger partial charge in [0, 0.05) is 25.7 Å². The van der Waals surface area contributed by atoms with Crippen molar-refractivity contribution in [1.29, 1.82) is 0 Å². The largest absolute Gasteiger partial charge is 0.370 e. The fourth-order valence-corrected chi connectivity index (χ4v) is 2.84. The molecular weight excluding hydrogens is 236 g/mol. The summed E-state index contributed by atoms with van der Waals surface area (Å²) in [6, 6.07) is 2.08. The van der Waals surface area contributed by atoms with Crippen LogP contribution in [0.1, 0.15) is 45.4 Å². The van der Waals surface area contributed by atoms with Gasteiger partial charge in [0.1, 0.15) is 17.5 Å². The van der Waals surface area contributed by atoms with E-state index < -0.39 is 0 Å². The molecule has 0 spiro atoms. The lowest BCUT2D eigenvalue weighted by molar-refractivity contribution is 0.377. The van der Waals surface area contributed by atoms with E-state index in [0.29, 0.717) is 0 Å². The number of aromatic nitrogens is 2. The second kappa shape index (κ2) is 6.73. The molecule has 1 N–H and O–H groups in total. The van der Waals surface area contributed by atoms with Crippen molar-refractivity contribution < 1.29 is 0 Å². The summed E-state index contributed by atoms with van der Waals surface area (Å²) in [6.07, 6.45) is 5.28. The number of anilines is 2. The third kappa shape index (κ3) is 3.82. The fraction of sp³-hybridized carbons (Fsp3) is 0.733. The zero-order valence-corrected chi connectivity index (χ0v) is 12.4. The maximum atomic E-state index is 4.59. The van der Waals surface area contributed by atoms with E-state index in [0.717, 1.165) is 43.0 Å². The minimum Gasteiger partial charge on any atom is -0.370 e. The number of piperidine rings is 1. The van der Waals surface area contributed by atoms with Gasteiger partial charge in [0.25, 0.3) is 0 Å². The second-order valence-electron chi connectivity index (χ2n) is 5.41. The Balaban J connectivity index is 2.02. The third-order valence-corrected chi connectivity index (χ3v) is 3.82. The van der Waals surface area contributed by atoms with Crippen molar-refractivity contribution in [3.63, 3.8) is 0 Å². The van der Waals surface area contributed by atoms with Crippen LogP contribution in [0.15, 0.2) is 6.07 Å². The van der Waals surface area contributed by atoms with Crippen molar-refractivity contribution in [1.82, 2.24) is 9.97 Å². The van der Waals surface area contributed by atoms with E-state index in [4.69, 9.17) is 0 Å². The number of nitrogens with zero attached hydrogens (tertiary/aromatic N) is 3. The summed E-state index contributed by atoms with van der Waals surface area (Å²) in [7, 11) is 0. The molecule has 4 heteroatoms. The normalized spacial score (nSPS) is 16.7. The van der Waals surface area contributed by atoms with Crippen LogP contribution in [0.4, 0.5) is 11.6 Å². The molecule has 0 radical (unpaired) electrons. The first-order valence-electron chi connectivity index (χ1n) is 7.57. The van der Waals surface area contributed by atoms with Crippen molar-refractivity contribution in [3.05, 3.63) is 11.9 Å². The molecule has 1 aromatic rings. The third-order valence-electron chi connectivity index (χ3n) is 3.82. The minimum absolute atomic E-state index is 0.851. The molecule has 4 nitrogen and oxygen atoms in total. The van der Waals surface area contributed by atoms with Crippen LogP contribution in [0, 0.1) is 12.8 Å². The lowest BCUT2D eigenvalue weighted by Crippen LogP contribution is -2.34. The van der Waals surface area contributed by atoms with Gasteiger partial charge in [0.15, 0.2) is 0 Å². The Hall–Kier alpha value is -1.32. The first kappa shape index (κ1) is 14.1. The Morgan fingerprint density at radius 1 is 1.26 bits per heavy atom. The monoisotopic (exact) mass is 262 g/mol. The van der Waals surface area contributed by atoms with Crippen LogP contribution in [0.3, 0.4) is 0 Å². The van der Waals surface area contributed by atoms with Gasteiger partial charge in [-0.1, -0.05) is 19.8 Å². The molecule has 2 heterocycles. The number of nitrogens with one attached hydrogen (secondary N) is 1. The highest BCUT2D eigenvalue weighted by molar-refractivity contribution is 5.49. The average molecular weight is 262 g/mol. The molecule has 0 aromatic carbocycles. The number of rotatable bonds is 5. The molecule has 106 valence electrons. The maximum Gasteiger partial charge on any atom is 0.134 e. The van der Waals surface area contributed by atoms with E-state index >= 15 is 0 Å². The molecule has 0 atom stereocenters. The Morgan fingerprint density at radius 3 is 2.63 bits per heavy atom. The van der Waals surface area contributed by atoms with E-state index in [1.165, 1.54) is 25.7 Å². The number of aryl methyl sites for hydroxylation is 1. The Morgan fingerprint density at radius 2 is 2.00 bits per heavy atom. The van der Waals surface area contributed by atoms with E-state index in [1.54, 1.807) is 0 Å². The molecule has 1 aliphatic heterocycles. The second-order valence-corrected chi connectivity index (χ2v) is 5.41. The first-order valence-corrected chi connectivity index (χ1v) is 7.57. The maximum absolute atomic E-state index is 4.59. The van der Waals surface area contributed by atoms with E-state index in [9.17, 15) is 0 Å². The summed E-state index contributed by atoms with van der Waals surface area (Å²) in [5.74, 6) is 3.79. The Labute approximate surface area is 116 Å². The molecule has 1 aromatic heterocycles. The molecule has 1 saturated heterocycles. The minimum atomic E-state index is 0.851. The average Bonchev–Trinajstić information content (AvgIpc) is 2.40. The van der Waals surface area contributed by atoms with Crippen molar-refractivity contribution in [2.24, 2.45) is 5.92 Å². The van der Waals surface area contributed by atoms with Gasteiger partial charge in [0.2, 0.25) is 0 Å². The molecule has 0 aliphatic carbocycles. The van der Waals surface area contributed by atoms with Crippen LogP contribution in [0.2, 0.25) is 0 Å². The van der Waals surface area contributed by atoms with Gasteiger partial charge in [0.05, 0.1) is 0 Å². The van der Waals surface area contributed by atoms with Crippen LogP contribution in [0.25, 0.3) is 0 Å². The lowest BCUT2D eigenvalue weighted by Gasteiger charge is -2.33. The van der Waals surface area contributed by atoms with Gasteiger partial charge in [-0.05, 0) is 32.6 Å². The SMILES string of the molecule is CCCC1CCN(c2cc(NCC)nc(C)n2)CC1. The quantitative estimate of drug-likeness (QED) is 0.884. The van der Waals surface area contributed by atoms with E-state index in [1.807, 2.05) is 6.92 Å². The highest BCUT2D eigenvalue weighted by Crippen LogP contribution is 2.25. The first-order chi connectivity index (χ1) is 9.22. The molecular formula is C15H26N4. The van der Waals surface area contributed by atoms with E-state index in [2.05, 4.69) is 40.1 Å². The van der Waals surface area contributed by atoms with Crippen LogP contribution in [-0.2, 0) is 0 Å². The van der Waals surface area contributed by atoms with Crippen molar-refractivity contribution in [3.8, 4) is 0 Å². The van der Waals surface area contributed by atoms with Gasteiger partial charge in [-0.3, -0.25) is 0 Å². The highest BCUT2D eigenvalue weighted by Gasteiger charge is 2.20. The predicted octanol–water partition coefficient (Wildman–Crippen LogP) is 3.23. The molecule has 19 heavy (non-hydrogen) atoms. The summed E-state index contributed by atoms with van der Waals surface area (Å²) < 4.78 is 0. The Bertz CT molecular complexity index is 397. The summed E-state index contributed by atoms with van der Waals surface area (Å²) in [4.78, 5) is 11.4. The van der Waals surface area contributed by atoms with Gasteiger partial charge in [-0.25, -0.2) is 9.97 Å². The van der Waals surface area contributed by atoms with Gasteiger partial charge in [-0.15, -0.1) is 0 Å². The van der Waals surface area contributed by atoms with Crippen LogP contribution in [0.5, 0.6) is 0 Å². The smallest absolute Gasteiger partial charge is 0.134 e. The van der Waals surface area contributed by atoms with Crippen LogP contribution in [-0.4, -0.2) is 29.6 Å². The summed E-state index contributed by atoms with van der Waals surface area (Å²) >= 11 is 0. The predicted molar refractivity (Wildman–Crippen MR) is 80.8 cm³/mol. The number of hydrogen-bond donors (Lipinski definition) is 1. The summed E-state index contributed by atoms with van der Waals surface area (Å²) in [5.41, 5.74) is 0. The van der Waals surface area contributed by atoms with Crippen LogP contribution < -0.4 is 10.2 Å². The molecule has 0 unspecified atom stereocenters. The molecule has 1 fully saturated rings. The van der Waals surface area contributed by atoms with Gasteiger partial charge in [-0.2, -0.15) is 0 Å². The summed E-state index contributed by atoms with van der Waals surface area (Å²) in [6.45, 7) is 9.50. The van der Waals surface area contributed by atoms with Gasteiger partial charge < -0.3 is 10.2 Å². The Kier molecular flexibility index (Phi) is 5.00. The van der Waals surface area contributed by atoms with Crippen molar-refractivity contribution in [2.45, 2.75) is 46.5 Å². The molecule has 0 bridgehead atoms. The standard InChI is InChI=1S/C15H26N4/c1-4-6-13-7-9-19(10-8-13)15-11-14(16-5-2)17-12(3)18-15/h11,13H,4-10H2,1-3H3,(H,16,17,18). The lowest BCUT2D eigenvalue weighted by atomic mass is 9.92. The molecule has 1 aliphatic rings. The molecule has 0 amide bonds. The number of hydrogen-bond acceptors (Lipinski definition) is 4. The topological polar surface area (TPSA) is 41.0 Å². The zero-order valence-electron chi connectivity index (χ0n) is 12.4. The molecule has 2 rings (SSSR count). The molecule has 0 saturated carbocycles. The van der Waals surface area contributed by atoms with Crippen LogP contribution >= 0.6 is 0 Å². The van der Waals surface area contributed by atoms with E-state index in [-0.39, 0.29) is 0 Å². The fourth-order valence-electron chi connectivity index (χ4n) is 2.84.